The first kappa shape index (κ1) is 15.9. The Morgan fingerprint density at radius 3 is 2.22 bits per heavy atom. The maximum absolute atomic E-state index is 12.6. The van der Waals surface area contributed by atoms with E-state index in [9.17, 15) is 4.79 Å². The Kier molecular flexibility index (Phi) is 4.89. The highest BCUT2D eigenvalue weighted by atomic mass is 32.2. The molecule has 23 heavy (non-hydrogen) atoms. The first-order valence-electron chi connectivity index (χ1n) is 7.27. The van der Waals surface area contributed by atoms with Crippen LogP contribution >= 0.6 is 24.4 Å². The molecule has 0 fully saturated rings. The summed E-state index contributed by atoms with van der Waals surface area (Å²) in [5, 5.41) is 0. The van der Waals surface area contributed by atoms with E-state index in [1.807, 2.05) is 73.0 Å². The molecule has 0 aliphatic rings. The third-order valence-electron chi connectivity index (χ3n) is 3.69. The quantitative estimate of drug-likeness (QED) is 0.380. The molecule has 3 rings (SSSR count). The molecule has 0 saturated heterocycles. The van der Waals surface area contributed by atoms with Gasteiger partial charge in [-0.05, 0) is 29.5 Å². The third-order valence-corrected chi connectivity index (χ3v) is 4.86. The SMILES string of the molecule is CSc1cc(C(=O)c2ccccc2)ccc1-c1ccccc1S. The molecule has 0 aliphatic heterocycles. The Labute approximate surface area is 146 Å². The van der Waals surface area contributed by atoms with Crippen LogP contribution in [0.2, 0.25) is 0 Å². The van der Waals surface area contributed by atoms with Crippen molar-refractivity contribution in [2.75, 3.05) is 6.26 Å². The molecule has 0 aromatic heterocycles. The van der Waals surface area contributed by atoms with Crippen LogP contribution in [0.1, 0.15) is 15.9 Å². The second-order valence-electron chi connectivity index (χ2n) is 5.13. The number of thioether (sulfide) groups is 1. The van der Waals surface area contributed by atoms with Gasteiger partial charge in [0.1, 0.15) is 0 Å². The lowest BCUT2D eigenvalue weighted by Crippen LogP contribution is -2.01. The van der Waals surface area contributed by atoms with Gasteiger partial charge in [0.05, 0.1) is 0 Å². The van der Waals surface area contributed by atoms with Crippen molar-refractivity contribution in [3.63, 3.8) is 0 Å². The summed E-state index contributed by atoms with van der Waals surface area (Å²) in [6.07, 6.45) is 2.02. The molecule has 0 aliphatic carbocycles. The van der Waals surface area contributed by atoms with E-state index in [2.05, 4.69) is 18.7 Å². The fourth-order valence-corrected chi connectivity index (χ4v) is 3.44. The second-order valence-corrected chi connectivity index (χ2v) is 6.46. The largest absolute Gasteiger partial charge is 0.289 e. The highest BCUT2D eigenvalue weighted by Crippen LogP contribution is 2.34. The van der Waals surface area contributed by atoms with E-state index in [1.54, 1.807) is 11.8 Å². The first-order chi connectivity index (χ1) is 11.2. The summed E-state index contributed by atoms with van der Waals surface area (Å²) in [6.45, 7) is 0. The van der Waals surface area contributed by atoms with Crippen molar-refractivity contribution in [3.8, 4) is 11.1 Å². The van der Waals surface area contributed by atoms with Gasteiger partial charge in [-0.1, -0.05) is 60.7 Å². The van der Waals surface area contributed by atoms with Crippen LogP contribution < -0.4 is 0 Å². The Morgan fingerprint density at radius 1 is 0.826 bits per heavy atom. The van der Waals surface area contributed by atoms with Gasteiger partial charge >= 0.3 is 0 Å². The normalized spacial score (nSPS) is 10.5. The minimum Gasteiger partial charge on any atom is -0.289 e. The van der Waals surface area contributed by atoms with E-state index in [1.165, 1.54) is 0 Å². The lowest BCUT2D eigenvalue weighted by atomic mass is 9.99. The van der Waals surface area contributed by atoms with Crippen molar-refractivity contribution >= 4 is 30.2 Å². The van der Waals surface area contributed by atoms with E-state index >= 15 is 0 Å². The molecule has 1 nitrogen and oxygen atoms in total. The highest BCUT2D eigenvalue weighted by molar-refractivity contribution is 7.98. The van der Waals surface area contributed by atoms with E-state index in [-0.39, 0.29) is 5.78 Å². The van der Waals surface area contributed by atoms with Crippen LogP contribution in [0, 0.1) is 0 Å². The highest BCUT2D eigenvalue weighted by Gasteiger charge is 2.13. The van der Waals surface area contributed by atoms with E-state index in [4.69, 9.17) is 0 Å². The molecule has 0 atom stereocenters. The molecule has 0 saturated carbocycles. The minimum absolute atomic E-state index is 0.0478. The molecule has 0 spiro atoms. The molecule has 0 bridgehead atoms. The van der Waals surface area contributed by atoms with E-state index in [0.717, 1.165) is 20.9 Å². The van der Waals surface area contributed by atoms with E-state index < -0.39 is 0 Å². The Hall–Kier alpha value is -1.97. The second kappa shape index (κ2) is 7.07. The summed E-state index contributed by atoms with van der Waals surface area (Å²) >= 11 is 6.18. The van der Waals surface area contributed by atoms with Gasteiger partial charge in [-0.3, -0.25) is 4.79 Å². The fraction of sp³-hybridized carbons (Fsp3) is 0.0500. The van der Waals surface area contributed by atoms with Crippen LogP contribution in [0.3, 0.4) is 0 Å². The lowest BCUT2D eigenvalue weighted by molar-refractivity contribution is 0.103. The zero-order chi connectivity index (χ0) is 16.2. The average Bonchev–Trinajstić information content (AvgIpc) is 2.62. The summed E-state index contributed by atoms with van der Waals surface area (Å²) in [4.78, 5) is 14.6. The monoisotopic (exact) mass is 336 g/mol. The first-order valence-corrected chi connectivity index (χ1v) is 8.94. The van der Waals surface area contributed by atoms with Gasteiger partial charge in [0.2, 0.25) is 0 Å². The molecular weight excluding hydrogens is 320 g/mol. The van der Waals surface area contributed by atoms with Crippen LogP contribution in [-0.2, 0) is 0 Å². The number of hydrogen-bond donors (Lipinski definition) is 1. The minimum atomic E-state index is 0.0478. The molecule has 0 heterocycles. The smallest absolute Gasteiger partial charge is 0.193 e. The maximum atomic E-state index is 12.6. The van der Waals surface area contributed by atoms with Crippen molar-refractivity contribution in [1.82, 2.24) is 0 Å². The van der Waals surface area contributed by atoms with Gasteiger partial charge < -0.3 is 0 Å². The molecule has 3 aromatic rings. The molecule has 0 amide bonds. The summed E-state index contributed by atoms with van der Waals surface area (Å²) < 4.78 is 0. The van der Waals surface area contributed by atoms with Crippen LogP contribution in [-0.4, -0.2) is 12.0 Å². The number of benzene rings is 3. The summed E-state index contributed by atoms with van der Waals surface area (Å²) in [7, 11) is 0. The van der Waals surface area contributed by atoms with Crippen molar-refractivity contribution in [1.29, 1.82) is 0 Å². The van der Waals surface area contributed by atoms with Gasteiger partial charge in [-0.2, -0.15) is 0 Å². The summed E-state index contributed by atoms with van der Waals surface area (Å²) in [5.41, 5.74) is 3.61. The Balaban J connectivity index is 2.04. The molecule has 114 valence electrons. The van der Waals surface area contributed by atoms with Crippen LogP contribution in [0.5, 0.6) is 0 Å². The topological polar surface area (TPSA) is 17.1 Å². The predicted molar refractivity (Wildman–Crippen MR) is 101 cm³/mol. The zero-order valence-corrected chi connectivity index (χ0v) is 14.4. The van der Waals surface area contributed by atoms with Crippen molar-refractivity contribution in [2.24, 2.45) is 0 Å². The Morgan fingerprint density at radius 2 is 1.52 bits per heavy atom. The van der Waals surface area contributed by atoms with Crippen molar-refractivity contribution in [2.45, 2.75) is 9.79 Å². The van der Waals surface area contributed by atoms with Crippen molar-refractivity contribution < 1.29 is 4.79 Å². The zero-order valence-electron chi connectivity index (χ0n) is 12.7. The molecule has 3 heteroatoms. The van der Waals surface area contributed by atoms with E-state index in [0.29, 0.717) is 11.1 Å². The number of carbonyl (C=O) groups excluding carboxylic acids is 1. The van der Waals surface area contributed by atoms with Gasteiger partial charge in [0.25, 0.3) is 0 Å². The molecule has 0 unspecified atom stereocenters. The predicted octanol–water partition coefficient (Wildman–Crippen LogP) is 5.60. The average molecular weight is 336 g/mol. The van der Waals surface area contributed by atoms with Gasteiger partial charge in [-0.15, -0.1) is 24.4 Å². The van der Waals surface area contributed by atoms with Crippen LogP contribution in [0.15, 0.2) is 82.6 Å². The van der Waals surface area contributed by atoms with Gasteiger partial charge in [-0.25, -0.2) is 0 Å². The van der Waals surface area contributed by atoms with Gasteiger partial charge in [0, 0.05) is 20.9 Å². The molecule has 0 radical (unpaired) electrons. The fourth-order valence-electron chi connectivity index (χ4n) is 2.51. The molecular formula is C20H16OS2. The van der Waals surface area contributed by atoms with Crippen LogP contribution in [0.25, 0.3) is 11.1 Å². The number of ketones is 1. The number of hydrogen-bond acceptors (Lipinski definition) is 3. The lowest BCUT2D eigenvalue weighted by Gasteiger charge is -2.12. The van der Waals surface area contributed by atoms with Crippen LogP contribution in [0.4, 0.5) is 0 Å². The summed E-state index contributed by atoms with van der Waals surface area (Å²) in [5.74, 6) is 0.0478. The molecule has 3 aromatic carbocycles. The number of carbonyl (C=O) groups is 1. The number of rotatable bonds is 4. The Bertz CT molecular complexity index is 841. The third kappa shape index (κ3) is 3.36. The van der Waals surface area contributed by atoms with Gasteiger partial charge in [0.15, 0.2) is 5.78 Å². The maximum Gasteiger partial charge on any atom is 0.193 e. The molecule has 0 N–H and O–H groups in total. The van der Waals surface area contributed by atoms with Crippen molar-refractivity contribution in [3.05, 3.63) is 83.9 Å². The number of thiol groups is 1. The standard InChI is InChI=1S/C20H16OS2/c1-23-19-13-15(20(21)14-7-3-2-4-8-14)11-12-17(19)16-9-5-6-10-18(16)22/h2-13,22H,1H3. The summed E-state index contributed by atoms with van der Waals surface area (Å²) in [6, 6.07) is 23.2.